The number of ether oxygens (including phenoxy) is 1. The third-order valence-corrected chi connectivity index (χ3v) is 1.88. The average molecular weight is 211 g/mol. The Hall–Kier alpha value is -1.55. The second-order valence-electron chi connectivity index (χ2n) is 2.57. The van der Waals surface area contributed by atoms with Gasteiger partial charge < -0.3 is 9.15 Å². The molecule has 0 N–H and O–H groups in total. The minimum atomic E-state index is 0.109. The number of hydrogen-bond acceptors (Lipinski definition) is 4. The molecule has 0 radical (unpaired) electrons. The molecule has 2 rings (SSSR count). The molecule has 4 nitrogen and oxygen atoms in total. The van der Waals surface area contributed by atoms with E-state index >= 15 is 0 Å². The predicted octanol–water partition coefficient (Wildman–Crippen LogP) is 2.40. The monoisotopic (exact) mass is 210 g/mol. The van der Waals surface area contributed by atoms with E-state index in [4.69, 9.17) is 20.8 Å². The number of rotatable bonds is 2. The van der Waals surface area contributed by atoms with Crippen LogP contribution in [0.3, 0.4) is 0 Å². The summed E-state index contributed by atoms with van der Waals surface area (Å²) < 4.78 is 9.84. The summed E-state index contributed by atoms with van der Waals surface area (Å²) in [6.45, 7) is 0. The van der Waals surface area contributed by atoms with E-state index < -0.39 is 0 Å². The van der Waals surface area contributed by atoms with Crippen LogP contribution in [0.5, 0.6) is 5.75 Å². The summed E-state index contributed by atoms with van der Waals surface area (Å²) in [4.78, 5) is 8.06. The van der Waals surface area contributed by atoms with Gasteiger partial charge in [0.1, 0.15) is 17.7 Å². The van der Waals surface area contributed by atoms with Crippen LogP contribution < -0.4 is 4.74 Å². The number of oxazole rings is 1. The van der Waals surface area contributed by atoms with Crippen molar-refractivity contribution in [2.24, 2.45) is 0 Å². The lowest BCUT2D eigenvalue weighted by Crippen LogP contribution is -1.86. The maximum absolute atomic E-state index is 5.54. The first-order valence-corrected chi connectivity index (χ1v) is 4.29. The van der Waals surface area contributed by atoms with Gasteiger partial charge in [0, 0.05) is 0 Å². The van der Waals surface area contributed by atoms with Gasteiger partial charge in [-0.1, -0.05) is 0 Å². The van der Waals surface area contributed by atoms with Crippen LogP contribution in [0.25, 0.3) is 11.4 Å². The molecule has 0 saturated heterocycles. The van der Waals surface area contributed by atoms with E-state index in [1.54, 1.807) is 25.4 Å². The normalized spacial score (nSPS) is 10.1. The van der Waals surface area contributed by atoms with Crippen molar-refractivity contribution in [3.8, 4) is 17.1 Å². The second kappa shape index (κ2) is 3.67. The van der Waals surface area contributed by atoms with Crippen LogP contribution in [-0.2, 0) is 0 Å². The van der Waals surface area contributed by atoms with Gasteiger partial charge in [0.15, 0.2) is 0 Å². The third-order valence-electron chi connectivity index (χ3n) is 1.71. The molecule has 0 saturated carbocycles. The number of hydrogen-bond donors (Lipinski definition) is 0. The smallest absolute Gasteiger partial charge is 0.292 e. The summed E-state index contributed by atoms with van der Waals surface area (Å²) in [6, 6.07) is 3.58. The Morgan fingerprint density at radius 2 is 2.21 bits per heavy atom. The summed E-state index contributed by atoms with van der Waals surface area (Å²) >= 11 is 5.54. The van der Waals surface area contributed by atoms with Crippen molar-refractivity contribution in [1.82, 2.24) is 9.97 Å². The topological polar surface area (TPSA) is 48.2 Å². The standard InChI is InChI=1S/C9H7ClN2O2/c1-13-6-2-3-7(11-4-6)8-5-14-9(10)12-8/h2-5H,1H3. The highest BCUT2D eigenvalue weighted by molar-refractivity contribution is 6.27. The van der Waals surface area contributed by atoms with E-state index in [1.165, 1.54) is 6.26 Å². The number of halogens is 1. The summed E-state index contributed by atoms with van der Waals surface area (Å²) in [7, 11) is 1.59. The van der Waals surface area contributed by atoms with E-state index in [2.05, 4.69) is 9.97 Å². The zero-order valence-electron chi connectivity index (χ0n) is 7.40. The maximum Gasteiger partial charge on any atom is 0.292 e. The predicted molar refractivity (Wildman–Crippen MR) is 51.3 cm³/mol. The Labute approximate surface area is 85.5 Å². The first-order chi connectivity index (χ1) is 6.79. The van der Waals surface area contributed by atoms with Crippen molar-refractivity contribution in [2.75, 3.05) is 7.11 Å². The van der Waals surface area contributed by atoms with Crippen LogP contribution in [0, 0.1) is 0 Å². The lowest BCUT2D eigenvalue weighted by atomic mass is 10.3. The van der Waals surface area contributed by atoms with Crippen LogP contribution in [0.2, 0.25) is 5.35 Å². The molecule has 2 aromatic rings. The van der Waals surface area contributed by atoms with Gasteiger partial charge in [-0.05, 0) is 23.7 Å². The van der Waals surface area contributed by atoms with Crippen molar-refractivity contribution in [3.05, 3.63) is 29.9 Å². The van der Waals surface area contributed by atoms with Gasteiger partial charge in [-0.15, -0.1) is 0 Å². The van der Waals surface area contributed by atoms with Crippen LogP contribution in [0.1, 0.15) is 0 Å². The Morgan fingerprint density at radius 1 is 1.36 bits per heavy atom. The fraction of sp³-hybridized carbons (Fsp3) is 0.111. The van der Waals surface area contributed by atoms with Crippen molar-refractivity contribution < 1.29 is 9.15 Å². The van der Waals surface area contributed by atoms with Crippen molar-refractivity contribution >= 4 is 11.6 Å². The number of pyridine rings is 1. The zero-order chi connectivity index (χ0) is 9.97. The summed E-state index contributed by atoms with van der Waals surface area (Å²) in [5.41, 5.74) is 1.30. The molecule has 0 spiro atoms. The minimum Gasteiger partial charge on any atom is -0.495 e. The van der Waals surface area contributed by atoms with Crippen molar-refractivity contribution in [3.63, 3.8) is 0 Å². The van der Waals surface area contributed by atoms with Gasteiger partial charge in [-0.3, -0.25) is 4.98 Å². The average Bonchev–Trinajstić information content (AvgIpc) is 2.65. The van der Waals surface area contributed by atoms with Crippen molar-refractivity contribution in [1.29, 1.82) is 0 Å². The number of aromatic nitrogens is 2. The molecule has 0 aromatic carbocycles. The van der Waals surface area contributed by atoms with Crippen LogP contribution in [-0.4, -0.2) is 17.1 Å². The van der Waals surface area contributed by atoms with Gasteiger partial charge in [0.2, 0.25) is 0 Å². The van der Waals surface area contributed by atoms with Gasteiger partial charge >= 0.3 is 0 Å². The Morgan fingerprint density at radius 3 is 2.71 bits per heavy atom. The molecular weight excluding hydrogens is 204 g/mol. The Bertz CT molecular complexity index is 425. The van der Waals surface area contributed by atoms with E-state index in [0.717, 1.165) is 0 Å². The molecule has 2 aromatic heterocycles. The highest BCUT2D eigenvalue weighted by Crippen LogP contribution is 2.20. The lowest BCUT2D eigenvalue weighted by molar-refractivity contribution is 0.413. The van der Waals surface area contributed by atoms with Crippen LogP contribution >= 0.6 is 11.6 Å². The first kappa shape index (κ1) is 9.02. The molecule has 0 atom stereocenters. The van der Waals surface area contributed by atoms with Gasteiger partial charge in [-0.25, -0.2) is 0 Å². The quantitative estimate of drug-likeness (QED) is 0.764. The molecule has 0 aliphatic heterocycles. The molecule has 2 heterocycles. The molecular formula is C9H7ClN2O2. The van der Waals surface area contributed by atoms with Crippen LogP contribution in [0.4, 0.5) is 0 Å². The fourth-order valence-electron chi connectivity index (χ4n) is 1.02. The molecule has 0 aliphatic carbocycles. The molecule has 5 heteroatoms. The SMILES string of the molecule is COc1ccc(-c2coc(Cl)n2)nc1. The highest BCUT2D eigenvalue weighted by Gasteiger charge is 2.05. The number of methoxy groups -OCH3 is 1. The minimum absolute atomic E-state index is 0.109. The van der Waals surface area contributed by atoms with Crippen LogP contribution in [0.15, 0.2) is 29.0 Å². The largest absolute Gasteiger partial charge is 0.495 e. The van der Waals surface area contributed by atoms with E-state index in [0.29, 0.717) is 17.1 Å². The summed E-state index contributed by atoms with van der Waals surface area (Å²) in [6.07, 6.45) is 3.06. The molecule has 0 fully saturated rings. The number of nitrogens with zero attached hydrogens (tertiary/aromatic N) is 2. The Kier molecular flexibility index (Phi) is 2.37. The van der Waals surface area contributed by atoms with Crippen molar-refractivity contribution in [2.45, 2.75) is 0 Å². The Balaban J connectivity index is 2.33. The van der Waals surface area contributed by atoms with Gasteiger partial charge in [-0.2, -0.15) is 4.98 Å². The lowest BCUT2D eigenvalue weighted by Gasteiger charge is -1.98. The third kappa shape index (κ3) is 1.70. The van der Waals surface area contributed by atoms with E-state index in [1.807, 2.05) is 0 Å². The molecule has 14 heavy (non-hydrogen) atoms. The first-order valence-electron chi connectivity index (χ1n) is 3.91. The molecule has 0 amide bonds. The molecule has 72 valence electrons. The molecule has 0 aliphatic rings. The van der Waals surface area contributed by atoms with Gasteiger partial charge in [0.05, 0.1) is 19.0 Å². The summed E-state index contributed by atoms with van der Waals surface area (Å²) in [5, 5.41) is 0.109. The fourth-order valence-corrected chi connectivity index (χ4v) is 1.16. The zero-order valence-corrected chi connectivity index (χ0v) is 8.15. The molecule has 0 bridgehead atoms. The van der Waals surface area contributed by atoms with E-state index in [9.17, 15) is 0 Å². The van der Waals surface area contributed by atoms with E-state index in [-0.39, 0.29) is 5.35 Å². The highest BCUT2D eigenvalue weighted by atomic mass is 35.5. The molecule has 0 unspecified atom stereocenters. The summed E-state index contributed by atoms with van der Waals surface area (Å²) in [5.74, 6) is 0.698. The second-order valence-corrected chi connectivity index (χ2v) is 2.89. The van der Waals surface area contributed by atoms with Gasteiger partial charge in [0.25, 0.3) is 5.35 Å². The maximum atomic E-state index is 5.54.